The van der Waals surface area contributed by atoms with Crippen LogP contribution in [0.15, 0.2) is 24.3 Å². The zero-order valence-corrected chi connectivity index (χ0v) is 20.3. The average Bonchev–Trinajstić information content (AvgIpc) is 2.87. The molecule has 183 valence electrons. The highest BCUT2D eigenvalue weighted by molar-refractivity contribution is 8.00. The summed E-state index contributed by atoms with van der Waals surface area (Å²) in [5, 5.41) is 28.3. The summed E-state index contributed by atoms with van der Waals surface area (Å²) in [6.45, 7) is 7.31. The Balaban J connectivity index is 1.80. The minimum Gasteiger partial charge on any atom is -0.508 e. The number of hydroxylamine groups is 2. The maximum atomic E-state index is 12.4. The van der Waals surface area contributed by atoms with Gasteiger partial charge in [-0.1, -0.05) is 12.1 Å². The van der Waals surface area contributed by atoms with E-state index in [9.17, 15) is 24.7 Å². The molecule has 0 aromatic heterocycles. The standard InChI is InChI=1S/C22H34N5O5S/c1-21(2)10-17(22(3,4)27(21)32)26-18(29)12-33-11-15(23)20(31)25-16(19(24)30)9-13-5-7-14(28)8-6-13/h5-8,15-17,28H,9-12,23H2,1-4H3,(H2,24,30)(H,25,31)(H,26,29)/t15-,16-,17?/m0/s1. The monoisotopic (exact) mass is 480 g/mol. The highest BCUT2D eigenvalue weighted by atomic mass is 32.2. The van der Waals surface area contributed by atoms with E-state index in [0.29, 0.717) is 12.0 Å². The van der Waals surface area contributed by atoms with Crippen molar-refractivity contribution in [1.29, 1.82) is 0 Å². The van der Waals surface area contributed by atoms with Crippen molar-refractivity contribution in [2.24, 2.45) is 11.5 Å². The molecule has 1 heterocycles. The summed E-state index contributed by atoms with van der Waals surface area (Å²) in [4.78, 5) is 36.5. The Bertz CT molecular complexity index is 861. The highest BCUT2D eigenvalue weighted by Crippen LogP contribution is 2.39. The molecule has 10 nitrogen and oxygen atoms in total. The van der Waals surface area contributed by atoms with Gasteiger partial charge in [0.25, 0.3) is 0 Å². The van der Waals surface area contributed by atoms with Gasteiger partial charge in [0.2, 0.25) is 17.7 Å². The average molecular weight is 481 g/mol. The third-order valence-electron chi connectivity index (χ3n) is 5.87. The lowest BCUT2D eigenvalue weighted by Crippen LogP contribution is -2.53. The molecule has 33 heavy (non-hydrogen) atoms. The highest BCUT2D eigenvalue weighted by Gasteiger charge is 2.52. The number of phenols is 1. The van der Waals surface area contributed by atoms with E-state index in [4.69, 9.17) is 11.5 Å². The van der Waals surface area contributed by atoms with E-state index in [1.807, 2.05) is 13.8 Å². The molecule has 1 radical (unpaired) electrons. The largest absolute Gasteiger partial charge is 0.508 e. The summed E-state index contributed by atoms with van der Waals surface area (Å²) in [5.74, 6) is -1.15. The number of thioether (sulfide) groups is 1. The molecule has 3 amide bonds. The molecule has 0 bridgehead atoms. The Labute approximate surface area is 198 Å². The fourth-order valence-electron chi connectivity index (χ4n) is 3.94. The Hall–Kier alpha value is -2.34. The number of nitrogens with two attached hydrogens (primary N) is 2. The minimum absolute atomic E-state index is 0.0829. The lowest BCUT2D eigenvalue weighted by Gasteiger charge is -2.33. The molecule has 2 rings (SSSR count). The van der Waals surface area contributed by atoms with Crippen LogP contribution < -0.4 is 22.1 Å². The third-order valence-corrected chi connectivity index (χ3v) is 6.93. The molecule has 1 unspecified atom stereocenters. The van der Waals surface area contributed by atoms with E-state index in [-0.39, 0.29) is 35.6 Å². The van der Waals surface area contributed by atoms with Crippen LogP contribution in [-0.4, -0.2) is 68.6 Å². The molecule has 1 saturated heterocycles. The fraction of sp³-hybridized carbons (Fsp3) is 0.591. The SMILES string of the molecule is CC1(C)CC(NC(=O)CSC[C@H](N)C(=O)N[C@@H](Cc2ccc(O)cc2)C(N)=O)C(C)(C)N1[O]. The van der Waals surface area contributed by atoms with E-state index in [1.165, 1.54) is 23.9 Å². The molecule has 0 aliphatic carbocycles. The topological polar surface area (TPSA) is 171 Å². The van der Waals surface area contributed by atoms with Crippen LogP contribution in [0.25, 0.3) is 0 Å². The van der Waals surface area contributed by atoms with Gasteiger partial charge in [-0.2, -0.15) is 0 Å². The van der Waals surface area contributed by atoms with Crippen LogP contribution >= 0.6 is 11.8 Å². The quantitative estimate of drug-likeness (QED) is 0.315. The van der Waals surface area contributed by atoms with Crippen molar-refractivity contribution in [3.63, 3.8) is 0 Å². The maximum absolute atomic E-state index is 12.4. The van der Waals surface area contributed by atoms with Crippen molar-refractivity contribution >= 4 is 29.5 Å². The molecule has 0 saturated carbocycles. The second kappa shape index (κ2) is 10.7. The van der Waals surface area contributed by atoms with Crippen LogP contribution in [0.1, 0.15) is 39.7 Å². The van der Waals surface area contributed by atoms with Gasteiger partial charge in [-0.25, -0.2) is 0 Å². The summed E-state index contributed by atoms with van der Waals surface area (Å²) in [6.07, 6.45) is 0.700. The zero-order valence-electron chi connectivity index (χ0n) is 19.5. The molecule has 7 N–H and O–H groups in total. The van der Waals surface area contributed by atoms with Crippen molar-refractivity contribution in [3.8, 4) is 5.75 Å². The number of aromatic hydroxyl groups is 1. The molecule has 1 aliphatic heterocycles. The number of nitrogens with zero attached hydrogens (tertiary/aromatic N) is 1. The van der Waals surface area contributed by atoms with Gasteiger partial charge in [0.1, 0.15) is 11.8 Å². The summed E-state index contributed by atoms with van der Waals surface area (Å²) in [5.41, 5.74) is 10.8. The van der Waals surface area contributed by atoms with Crippen molar-refractivity contribution in [2.75, 3.05) is 11.5 Å². The lowest BCUT2D eigenvalue weighted by molar-refractivity contribution is -0.246. The Kier molecular flexibility index (Phi) is 8.75. The summed E-state index contributed by atoms with van der Waals surface area (Å²) in [7, 11) is 0. The van der Waals surface area contributed by atoms with E-state index in [1.54, 1.807) is 26.0 Å². The van der Waals surface area contributed by atoms with Crippen LogP contribution in [0, 0.1) is 0 Å². The maximum Gasteiger partial charge on any atom is 0.240 e. The molecule has 1 aliphatic rings. The van der Waals surface area contributed by atoms with E-state index < -0.39 is 35.0 Å². The van der Waals surface area contributed by atoms with Crippen molar-refractivity contribution < 1.29 is 24.7 Å². The van der Waals surface area contributed by atoms with Gasteiger partial charge in [-0.05, 0) is 51.8 Å². The summed E-state index contributed by atoms with van der Waals surface area (Å²) < 4.78 is 0. The van der Waals surface area contributed by atoms with Crippen molar-refractivity contribution in [2.45, 2.75) is 69.7 Å². The van der Waals surface area contributed by atoms with Crippen molar-refractivity contribution in [3.05, 3.63) is 29.8 Å². The number of hydrogen-bond acceptors (Lipinski definition) is 7. The van der Waals surface area contributed by atoms with Crippen LogP contribution in [0.3, 0.4) is 0 Å². The Morgan fingerprint density at radius 1 is 1.21 bits per heavy atom. The molecule has 11 heteroatoms. The van der Waals surface area contributed by atoms with E-state index >= 15 is 0 Å². The molecule has 3 atom stereocenters. The Morgan fingerprint density at radius 2 is 1.82 bits per heavy atom. The third kappa shape index (κ3) is 7.07. The zero-order chi connectivity index (χ0) is 25.0. The molecule has 1 aromatic rings. The summed E-state index contributed by atoms with van der Waals surface area (Å²) in [6, 6.07) is 4.03. The fourth-order valence-corrected chi connectivity index (χ4v) is 4.73. The van der Waals surface area contributed by atoms with Gasteiger partial charge < -0.3 is 27.2 Å². The van der Waals surface area contributed by atoms with Crippen LogP contribution in [0.5, 0.6) is 5.75 Å². The Morgan fingerprint density at radius 3 is 2.33 bits per heavy atom. The smallest absolute Gasteiger partial charge is 0.240 e. The van der Waals surface area contributed by atoms with E-state index in [2.05, 4.69) is 10.6 Å². The van der Waals surface area contributed by atoms with Gasteiger partial charge in [0.05, 0.1) is 23.4 Å². The molecule has 1 aromatic carbocycles. The first-order chi connectivity index (χ1) is 15.2. The second-order valence-electron chi connectivity index (χ2n) is 9.54. The van der Waals surface area contributed by atoms with Crippen molar-refractivity contribution in [1.82, 2.24) is 15.7 Å². The number of phenolic OH excluding ortho intramolecular Hbond substituents is 1. The van der Waals surface area contributed by atoms with Crippen LogP contribution in [0.4, 0.5) is 0 Å². The van der Waals surface area contributed by atoms with Gasteiger partial charge in [0, 0.05) is 17.7 Å². The number of carbonyl (C=O) groups excluding carboxylic acids is 3. The molecular formula is C22H34N5O5S. The first-order valence-electron chi connectivity index (χ1n) is 10.7. The number of carbonyl (C=O) groups is 3. The van der Waals surface area contributed by atoms with Gasteiger partial charge in [0.15, 0.2) is 0 Å². The number of rotatable bonds is 10. The molecule has 1 fully saturated rings. The van der Waals surface area contributed by atoms with Crippen LogP contribution in [-0.2, 0) is 26.0 Å². The lowest BCUT2D eigenvalue weighted by atomic mass is 9.94. The molecule has 0 spiro atoms. The first kappa shape index (κ1) is 26.9. The predicted octanol–water partition coefficient (Wildman–Crippen LogP) is 0.0585. The van der Waals surface area contributed by atoms with E-state index in [0.717, 1.165) is 5.06 Å². The minimum atomic E-state index is -0.954. The second-order valence-corrected chi connectivity index (χ2v) is 10.6. The predicted molar refractivity (Wildman–Crippen MR) is 125 cm³/mol. The normalized spacial score (nSPS) is 21.2. The molecular weight excluding hydrogens is 446 g/mol. The number of nitrogens with one attached hydrogen (secondary N) is 2. The number of primary amides is 1. The first-order valence-corrected chi connectivity index (χ1v) is 11.9. The number of benzene rings is 1. The van der Waals surface area contributed by atoms with Gasteiger partial charge >= 0.3 is 0 Å². The van der Waals surface area contributed by atoms with Gasteiger partial charge in [-0.3, -0.25) is 14.4 Å². The summed E-state index contributed by atoms with van der Waals surface area (Å²) >= 11 is 1.19. The van der Waals surface area contributed by atoms with Crippen LogP contribution in [0.2, 0.25) is 0 Å². The number of amides is 3. The number of hydrogen-bond donors (Lipinski definition) is 5. The van der Waals surface area contributed by atoms with Gasteiger partial charge in [-0.15, -0.1) is 22.0 Å².